The van der Waals surface area contributed by atoms with Crippen LogP contribution in [0.2, 0.25) is 5.15 Å². The first-order chi connectivity index (χ1) is 7.06. The quantitative estimate of drug-likeness (QED) is 0.251. The summed E-state index contributed by atoms with van der Waals surface area (Å²) in [5, 5.41) is 10.4. The lowest BCUT2D eigenvalue weighted by atomic mass is 10.2. The van der Waals surface area contributed by atoms with Crippen LogP contribution in [0.25, 0.3) is 0 Å². The molecule has 0 aliphatic heterocycles. The maximum absolute atomic E-state index is 10.6. The van der Waals surface area contributed by atoms with Gasteiger partial charge in [0.05, 0.1) is 22.1 Å². The summed E-state index contributed by atoms with van der Waals surface area (Å²) in [7, 11) is 0. The third kappa shape index (κ3) is 2.82. The van der Waals surface area contributed by atoms with Crippen molar-refractivity contribution in [1.82, 2.24) is 4.98 Å². The standard InChI is InChI=1S/C9H6Cl2N2O2/c1-6-7(3-2-4-10)5-8(13(14)15)9(11)12-6/h5H,4H2,1H3. The van der Waals surface area contributed by atoms with Crippen LogP contribution in [-0.4, -0.2) is 15.8 Å². The van der Waals surface area contributed by atoms with Crippen molar-refractivity contribution in [2.24, 2.45) is 0 Å². The Morgan fingerprint density at radius 3 is 2.87 bits per heavy atom. The Morgan fingerprint density at radius 1 is 1.67 bits per heavy atom. The van der Waals surface area contributed by atoms with Gasteiger partial charge in [-0.3, -0.25) is 10.1 Å². The van der Waals surface area contributed by atoms with Gasteiger partial charge >= 0.3 is 5.69 Å². The van der Waals surface area contributed by atoms with E-state index >= 15 is 0 Å². The second-order valence-corrected chi connectivity index (χ2v) is 3.25. The van der Waals surface area contributed by atoms with Crippen molar-refractivity contribution in [2.45, 2.75) is 6.92 Å². The van der Waals surface area contributed by atoms with Crippen LogP contribution in [0.15, 0.2) is 6.07 Å². The fourth-order valence-electron chi connectivity index (χ4n) is 0.949. The van der Waals surface area contributed by atoms with E-state index in [9.17, 15) is 10.1 Å². The second kappa shape index (κ2) is 4.96. The van der Waals surface area contributed by atoms with Crippen LogP contribution in [0.3, 0.4) is 0 Å². The van der Waals surface area contributed by atoms with Crippen molar-refractivity contribution in [3.63, 3.8) is 0 Å². The molecule has 0 saturated carbocycles. The van der Waals surface area contributed by atoms with E-state index in [2.05, 4.69) is 16.8 Å². The first kappa shape index (κ1) is 11.8. The minimum atomic E-state index is -0.597. The highest BCUT2D eigenvalue weighted by molar-refractivity contribution is 6.31. The Bertz CT molecular complexity index is 463. The summed E-state index contributed by atoms with van der Waals surface area (Å²) in [6, 6.07) is 1.30. The number of hydrogen-bond acceptors (Lipinski definition) is 3. The molecule has 0 aliphatic rings. The molecule has 0 fully saturated rings. The number of halogens is 2. The predicted octanol–water partition coefficient (Wildman–Crippen LogP) is 2.54. The van der Waals surface area contributed by atoms with Gasteiger partial charge in [-0.2, -0.15) is 0 Å². The predicted molar refractivity (Wildman–Crippen MR) is 58.2 cm³/mol. The van der Waals surface area contributed by atoms with E-state index in [1.807, 2.05) is 0 Å². The molecule has 0 radical (unpaired) electrons. The molecule has 1 aromatic heterocycles. The molecular weight excluding hydrogens is 239 g/mol. The summed E-state index contributed by atoms with van der Waals surface area (Å²) in [5.74, 6) is 5.44. The van der Waals surface area contributed by atoms with Crippen LogP contribution < -0.4 is 0 Å². The molecular formula is C9H6Cl2N2O2. The maximum Gasteiger partial charge on any atom is 0.307 e. The van der Waals surface area contributed by atoms with Crippen LogP contribution in [0, 0.1) is 28.9 Å². The smallest absolute Gasteiger partial charge is 0.258 e. The summed E-state index contributed by atoms with van der Waals surface area (Å²) in [4.78, 5) is 13.8. The fraction of sp³-hybridized carbons (Fsp3) is 0.222. The molecule has 0 aliphatic carbocycles. The minimum Gasteiger partial charge on any atom is -0.258 e. The van der Waals surface area contributed by atoms with Crippen LogP contribution in [0.4, 0.5) is 5.69 Å². The molecule has 6 heteroatoms. The number of nitro groups is 1. The molecule has 0 N–H and O–H groups in total. The van der Waals surface area contributed by atoms with E-state index in [4.69, 9.17) is 23.2 Å². The Balaban J connectivity index is 3.29. The number of rotatable bonds is 1. The molecule has 1 heterocycles. The van der Waals surface area contributed by atoms with E-state index in [-0.39, 0.29) is 16.7 Å². The van der Waals surface area contributed by atoms with E-state index in [0.717, 1.165) is 0 Å². The number of alkyl halides is 1. The van der Waals surface area contributed by atoms with E-state index in [0.29, 0.717) is 11.3 Å². The van der Waals surface area contributed by atoms with Gasteiger partial charge in [-0.1, -0.05) is 23.4 Å². The van der Waals surface area contributed by atoms with Crippen molar-refractivity contribution in [3.05, 3.63) is 32.6 Å². The van der Waals surface area contributed by atoms with Crippen molar-refractivity contribution in [1.29, 1.82) is 0 Å². The lowest BCUT2D eigenvalue weighted by molar-refractivity contribution is -0.385. The van der Waals surface area contributed by atoms with E-state index < -0.39 is 4.92 Å². The minimum absolute atomic E-state index is 0.131. The summed E-state index contributed by atoms with van der Waals surface area (Å²) in [6.45, 7) is 1.67. The Morgan fingerprint density at radius 2 is 2.33 bits per heavy atom. The molecule has 1 rings (SSSR count). The zero-order valence-corrected chi connectivity index (χ0v) is 9.26. The van der Waals surface area contributed by atoms with Crippen LogP contribution in [0.5, 0.6) is 0 Å². The molecule has 0 unspecified atom stereocenters. The Kier molecular flexibility index (Phi) is 3.89. The highest BCUT2D eigenvalue weighted by atomic mass is 35.5. The van der Waals surface area contributed by atoms with Gasteiger partial charge in [0.15, 0.2) is 0 Å². The van der Waals surface area contributed by atoms with Crippen LogP contribution >= 0.6 is 23.2 Å². The van der Waals surface area contributed by atoms with Gasteiger partial charge in [0, 0.05) is 6.07 Å². The van der Waals surface area contributed by atoms with Crippen LogP contribution in [-0.2, 0) is 0 Å². The maximum atomic E-state index is 10.6. The van der Waals surface area contributed by atoms with Crippen LogP contribution in [0.1, 0.15) is 11.3 Å². The van der Waals surface area contributed by atoms with Crippen molar-refractivity contribution in [2.75, 3.05) is 5.88 Å². The van der Waals surface area contributed by atoms with E-state index in [1.165, 1.54) is 6.07 Å². The topological polar surface area (TPSA) is 56.0 Å². The summed E-state index contributed by atoms with van der Waals surface area (Å²) < 4.78 is 0. The first-order valence-corrected chi connectivity index (χ1v) is 4.84. The number of hydrogen-bond donors (Lipinski definition) is 0. The largest absolute Gasteiger partial charge is 0.307 e. The Labute approximate surface area is 96.4 Å². The molecule has 0 atom stereocenters. The van der Waals surface area contributed by atoms with Gasteiger partial charge in [0.1, 0.15) is 0 Å². The van der Waals surface area contributed by atoms with Gasteiger partial charge < -0.3 is 0 Å². The third-order valence-corrected chi connectivity index (χ3v) is 2.05. The molecule has 0 aromatic carbocycles. The van der Waals surface area contributed by atoms with Crippen molar-refractivity contribution >= 4 is 28.9 Å². The molecule has 78 valence electrons. The highest BCUT2D eigenvalue weighted by Crippen LogP contribution is 2.24. The second-order valence-electron chi connectivity index (χ2n) is 2.62. The third-order valence-electron chi connectivity index (χ3n) is 1.63. The molecule has 4 nitrogen and oxygen atoms in total. The number of aromatic nitrogens is 1. The molecule has 0 bridgehead atoms. The Hall–Kier alpha value is -1.31. The highest BCUT2D eigenvalue weighted by Gasteiger charge is 2.15. The van der Waals surface area contributed by atoms with Crippen molar-refractivity contribution < 1.29 is 4.92 Å². The summed E-state index contributed by atoms with van der Waals surface area (Å²) >= 11 is 11.0. The lowest BCUT2D eigenvalue weighted by Crippen LogP contribution is -1.96. The summed E-state index contributed by atoms with van der Waals surface area (Å²) in [5.41, 5.74) is 0.760. The molecule has 0 spiro atoms. The fourth-order valence-corrected chi connectivity index (χ4v) is 1.27. The van der Waals surface area contributed by atoms with E-state index in [1.54, 1.807) is 6.92 Å². The molecule has 0 amide bonds. The van der Waals surface area contributed by atoms with Gasteiger partial charge in [0.25, 0.3) is 0 Å². The first-order valence-electron chi connectivity index (χ1n) is 3.92. The van der Waals surface area contributed by atoms with Gasteiger partial charge in [0.2, 0.25) is 5.15 Å². The average molecular weight is 245 g/mol. The van der Waals surface area contributed by atoms with Gasteiger partial charge in [-0.05, 0) is 6.92 Å². The lowest BCUT2D eigenvalue weighted by Gasteiger charge is -1.99. The number of aryl methyl sites for hydroxylation is 1. The zero-order chi connectivity index (χ0) is 11.4. The summed E-state index contributed by atoms with van der Waals surface area (Å²) in [6.07, 6.45) is 0. The monoisotopic (exact) mass is 244 g/mol. The van der Waals surface area contributed by atoms with Gasteiger partial charge in [-0.25, -0.2) is 4.98 Å². The number of pyridine rings is 1. The van der Waals surface area contributed by atoms with Crippen molar-refractivity contribution in [3.8, 4) is 11.8 Å². The van der Waals surface area contributed by atoms with Gasteiger partial charge in [-0.15, -0.1) is 11.6 Å². The normalized spacial score (nSPS) is 9.27. The zero-order valence-electron chi connectivity index (χ0n) is 7.75. The molecule has 0 saturated heterocycles. The SMILES string of the molecule is Cc1nc(Cl)c([N+](=O)[O-])cc1C#CCCl. The number of nitrogens with zero attached hydrogens (tertiary/aromatic N) is 2. The average Bonchev–Trinajstić information content (AvgIpc) is 2.16. The molecule has 1 aromatic rings. The molecule has 15 heavy (non-hydrogen) atoms.